The molecule has 19 heavy (non-hydrogen) atoms. The van der Waals surface area contributed by atoms with Gasteiger partial charge in [-0.15, -0.1) is 0 Å². The molecule has 0 aromatic carbocycles. The maximum atomic E-state index is 5.85. The second-order valence-electron chi connectivity index (χ2n) is 5.49. The van der Waals surface area contributed by atoms with Crippen molar-refractivity contribution in [3.63, 3.8) is 0 Å². The molecule has 1 N–H and O–H groups in total. The third-order valence-corrected chi connectivity index (χ3v) is 3.75. The van der Waals surface area contributed by atoms with Gasteiger partial charge in [-0.25, -0.2) is 4.98 Å². The summed E-state index contributed by atoms with van der Waals surface area (Å²) in [5, 5.41) is 3.40. The standard InChI is InChI=1S/C16H26N2O/c1-2-9-17-12-15-8-10-18-16(11-15)19-13-14-6-4-3-5-7-14/h8,10-11,14,17H,2-7,9,12-13H2,1H3. The van der Waals surface area contributed by atoms with Crippen LogP contribution in [-0.4, -0.2) is 18.1 Å². The predicted molar refractivity (Wildman–Crippen MR) is 78.3 cm³/mol. The van der Waals surface area contributed by atoms with E-state index < -0.39 is 0 Å². The fraction of sp³-hybridized carbons (Fsp3) is 0.688. The second-order valence-corrected chi connectivity index (χ2v) is 5.49. The van der Waals surface area contributed by atoms with Gasteiger partial charge in [0.15, 0.2) is 0 Å². The lowest BCUT2D eigenvalue weighted by molar-refractivity contribution is 0.202. The van der Waals surface area contributed by atoms with Gasteiger partial charge in [0, 0.05) is 18.8 Å². The smallest absolute Gasteiger partial charge is 0.213 e. The molecule has 106 valence electrons. The summed E-state index contributed by atoms with van der Waals surface area (Å²) in [6.07, 6.45) is 9.77. The summed E-state index contributed by atoms with van der Waals surface area (Å²) in [6.45, 7) is 4.97. The molecule has 3 nitrogen and oxygen atoms in total. The van der Waals surface area contributed by atoms with Gasteiger partial charge in [-0.05, 0) is 43.4 Å². The first-order valence-corrected chi connectivity index (χ1v) is 7.67. The summed E-state index contributed by atoms with van der Waals surface area (Å²) < 4.78 is 5.85. The molecule has 0 amide bonds. The van der Waals surface area contributed by atoms with Crippen molar-refractivity contribution in [2.24, 2.45) is 5.92 Å². The van der Waals surface area contributed by atoms with Crippen molar-refractivity contribution in [3.05, 3.63) is 23.9 Å². The minimum Gasteiger partial charge on any atom is -0.477 e. The molecule has 2 rings (SSSR count). The Morgan fingerprint density at radius 2 is 2.16 bits per heavy atom. The van der Waals surface area contributed by atoms with E-state index in [4.69, 9.17) is 4.74 Å². The molecule has 0 aliphatic heterocycles. The van der Waals surface area contributed by atoms with Crippen LogP contribution in [-0.2, 0) is 6.54 Å². The van der Waals surface area contributed by atoms with Crippen LogP contribution < -0.4 is 10.1 Å². The third kappa shape index (κ3) is 5.19. The van der Waals surface area contributed by atoms with E-state index in [0.29, 0.717) is 0 Å². The first-order valence-electron chi connectivity index (χ1n) is 7.67. The van der Waals surface area contributed by atoms with Gasteiger partial charge in [-0.1, -0.05) is 26.2 Å². The van der Waals surface area contributed by atoms with E-state index in [1.54, 1.807) is 0 Å². The fourth-order valence-corrected chi connectivity index (χ4v) is 2.61. The SMILES string of the molecule is CCCNCc1ccnc(OCC2CCCCC2)c1. The first-order chi connectivity index (χ1) is 9.38. The van der Waals surface area contributed by atoms with Crippen LogP contribution in [0.3, 0.4) is 0 Å². The minimum absolute atomic E-state index is 0.734. The van der Waals surface area contributed by atoms with Crippen LogP contribution in [0.25, 0.3) is 0 Å². The number of aromatic nitrogens is 1. The van der Waals surface area contributed by atoms with Crippen molar-refractivity contribution in [2.45, 2.75) is 52.0 Å². The van der Waals surface area contributed by atoms with Gasteiger partial charge >= 0.3 is 0 Å². The van der Waals surface area contributed by atoms with Gasteiger partial charge < -0.3 is 10.1 Å². The predicted octanol–water partition coefficient (Wildman–Crippen LogP) is 3.54. The highest BCUT2D eigenvalue weighted by Crippen LogP contribution is 2.24. The van der Waals surface area contributed by atoms with E-state index in [1.807, 2.05) is 6.20 Å². The molecule has 0 spiro atoms. The van der Waals surface area contributed by atoms with Crippen LogP contribution in [0, 0.1) is 5.92 Å². The van der Waals surface area contributed by atoms with E-state index in [1.165, 1.54) is 37.7 Å². The zero-order chi connectivity index (χ0) is 13.3. The average molecular weight is 262 g/mol. The molecule has 0 atom stereocenters. The van der Waals surface area contributed by atoms with E-state index in [-0.39, 0.29) is 0 Å². The van der Waals surface area contributed by atoms with Crippen LogP contribution in [0.2, 0.25) is 0 Å². The van der Waals surface area contributed by atoms with Crippen molar-refractivity contribution in [3.8, 4) is 5.88 Å². The minimum atomic E-state index is 0.734. The molecular formula is C16H26N2O. The third-order valence-electron chi connectivity index (χ3n) is 3.75. The highest BCUT2D eigenvalue weighted by Gasteiger charge is 2.14. The fourth-order valence-electron chi connectivity index (χ4n) is 2.61. The van der Waals surface area contributed by atoms with E-state index in [2.05, 4.69) is 29.4 Å². The monoisotopic (exact) mass is 262 g/mol. The van der Waals surface area contributed by atoms with Crippen molar-refractivity contribution in [1.82, 2.24) is 10.3 Å². The van der Waals surface area contributed by atoms with Crippen molar-refractivity contribution >= 4 is 0 Å². The van der Waals surface area contributed by atoms with Gasteiger partial charge in [-0.2, -0.15) is 0 Å². The summed E-state index contributed by atoms with van der Waals surface area (Å²) in [5.74, 6) is 1.51. The molecule has 0 radical (unpaired) electrons. The number of hydrogen-bond acceptors (Lipinski definition) is 3. The number of nitrogens with zero attached hydrogens (tertiary/aromatic N) is 1. The molecule has 3 heteroatoms. The molecule has 1 aliphatic rings. The highest BCUT2D eigenvalue weighted by atomic mass is 16.5. The molecule has 1 aromatic heterocycles. The van der Waals surface area contributed by atoms with Gasteiger partial charge in [0.2, 0.25) is 5.88 Å². The molecular weight excluding hydrogens is 236 g/mol. The molecule has 0 saturated heterocycles. The van der Waals surface area contributed by atoms with Gasteiger partial charge in [0.1, 0.15) is 0 Å². The lowest BCUT2D eigenvalue weighted by Gasteiger charge is -2.21. The van der Waals surface area contributed by atoms with E-state index in [0.717, 1.165) is 37.9 Å². The molecule has 0 bridgehead atoms. The molecule has 1 saturated carbocycles. The Labute approximate surface area is 116 Å². The summed E-state index contributed by atoms with van der Waals surface area (Å²) in [5.41, 5.74) is 1.25. The second kappa shape index (κ2) is 8.16. The molecule has 1 aliphatic carbocycles. The summed E-state index contributed by atoms with van der Waals surface area (Å²) >= 11 is 0. The van der Waals surface area contributed by atoms with Crippen LogP contribution in [0.5, 0.6) is 5.88 Å². The van der Waals surface area contributed by atoms with Crippen molar-refractivity contribution in [2.75, 3.05) is 13.2 Å². The van der Waals surface area contributed by atoms with Gasteiger partial charge in [0.05, 0.1) is 6.61 Å². The Bertz CT molecular complexity index is 362. The molecule has 0 unspecified atom stereocenters. The number of pyridine rings is 1. The Morgan fingerprint density at radius 3 is 2.95 bits per heavy atom. The molecule has 1 aromatic rings. The zero-order valence-corrected chi connectivity index (χ0v) is 12.0. The quantitative estimate of drug-likeness (QED) is 0.763. The lowest BCUT2D eigenvalue weighted by atomic mass is 9.90. The average Bonchev–Trinajstić information content (AvgIpc) is 2.47. The number of ether oxygens (including phenoxy) is 1. The van der Waals surface area contributed by atoms with Crippen molar-refractivity contribution in [1.29, 1.82) is 0 Å². The normalized spacial score (nSPS) is 16.5. The van der Waals surface area contributed by atoms with Crippen molar-refractivity contribution < 1.29 is 4.74 Å². The number of hydrogen-bond donors (Lipinski definition) is 1. The molecule has 1 heterocycles. The van der Waals surface area contributed by atoms with Crippen LogP contribution in [0.4, 0.5) is 0 Å². The number of rotatable bonds is 7. The Balaban J connectivity index is 1.77. The lowest BCUT2D eigenvalue weighted by Crippen LogP contribution is -2.16. The largest absolute Gasteiger partial charge is 0.477 e. The summed E-state index contributed by atoms with van der Waals surface area (Å²) in [6, 6.07) is 4.11. The van der Waals surface area contributed by atoms with E-state index >= 15 is 0 Å². The Kier molecular flexibility index (Phi) is 6.15. The van der Waals surface area contributed by atoms with Crippen LogP contribution >= 0.6 is 0 Å². The summed E-state index contributed by atoms with van der Waals surface area (Å²) in [7, 11) is 0. The number of nitrogens with one attached hydrogen (secondary N) is 1. The maximum absolute atomic E-state index is 5.85. The molecule has 1 fully saturated rings. The first kappa shape index (κ1) is 14.3. The Morgan fingerprint density at radius 1 is 1.32 bits per heavy atom. The Hall–Kier alpha value is -1.09. The van der Waals surface area contributed by atoms with Gasteiger partial charge in [-0.3, -0.25) is 0 Å². The maximum Gasteiger partial charge on any atom is 0.213 e. The van der Waals surface area contributed by atoms with Crippen LogP contribution in [0.15, 0.2) is 18.3 Å². The highest BCUT2D eigenvalue weighted by molar-refractivity contribution is 5.20. The van der Waals surface area contributed by atoms with E-state index in [9.17, 15) is 0 Å². The topological polar surface area (TPSA) is 34.2 Å². The van der Waals surface area contributed by atoms with Crippen LogP contribution in [0.1, 0.15) is 51.0 Å². The summed E-state index contributed by atoms with van der Waals surface area (Å²) in [4.78, 5) is 4.30. The van der Waals surface area contributed by atoms with Gasteiger partial charge in [0.25, 0.3) is 0 Å². The zero-order valence-electron chi connectivity index (χ0n) is 12.0.